The quantitative estimate of drug-likeness (QED) is 0.837. The first-order valence-electron chi connectivity index (χ1n) is 6.95. The molecule has 104 valence electrons. The number of hydrogen-bond donors (Lipinski definition) is 2. The molecule has 0 aliphatic carbocycles. The Balaban J connectivity index is 2.18. The van der Waals surface area contributed by atoms with Gasteiger partial charge in [0.25, 0.3) is 0 Å². The molecule has 5 nitrogen and oxygen atoms in total. The zero-order valence-electron chi connectivity index (χ0n) is 11.9. The average Bonchev–Trinajstić information content (AvgIpc) is 2.81. The molecule has 0 spiro atoms. The van der Waals surface area contributed by atoms with E-state index in [1.807, 2.05) is 10.7 Å². The molecule has 5 heteroatoms. The number of nitrogens with zero attached hydrogens (tertiary/aromatic N) is 3. The highest BCUT2D eigenvalue weighted by Gasteiger charge is 2.10. The third-order valence-corrected chi connectivity index (χ3v) is 3.19. The lowest BCUT2D eigenvalue weighted by atomic mass is 10.1. The normalized spacial score (nSPS) is 13.1. The van der Waals surface area contributed by atoms with Gasteiger partial charge in [0.05, 0.1) is 5.69 Å². The monoisotopic (exact) mass is 261 g/mol. The molecular weight excluding hydrogens is 238 g/mol. The van der Waals surface area contributed by atoms with E-state index in [1.54, 1.807) is 6.20 Å². The molecule has 0 saturated carbocycles. The van der Waals surface area contributed by atoms with Crippen molar-refractivity contribution in [2.45, 2.75) is 45.6 Å². The molecule has 2 aromatic rings. The number of hydrogen-bond acceptors (Lipinski definition) is 4. The van der Waals surface area contributed by atoms with Crippen molar-refractivity contribution in [1.82, 2.24) is 14.6 Å². The smallest absolute Gasteiger partial charge is 0.152 e. The van der Waals surface area contributed by atoms with Crippen LogP contribution in [-0.2, 0) is 0 Å². The van der Waals surface area contributed by atoms with E-state index in [0.717, 1.165) is 36.4 Å². The van der Waals surface area contributed by atoms with E-state index < -0.39 is 0 Å². The summed E-state index contributed by atoms with van der Waals surface area (Å²) in [5.74, 6) is 1.27. The summed E-state index contributed by atoms with van der Waals surface area (Å²) in [5.41, 5.74) is 8.10. The van der Waals surface area contributed by atoms with Gasteiger partial charge >= 0.3 is 0 Å². The minimum Gasteiger partial charge on any atom is -0.367 e. The van der Waals surface area contributed by atoms with Gasteiger partial charge in [-0.25, -0.2) is 9.50 Å². The van der Waals surface area contributed by atoms with Gasteiger partial charge in [-0.3, -0.25) is 0 Å². The molecule has 2 rings (SSSR count). The third-order valence-electron chi connectivity index (χ3n) is 3.19. The van der Waals surface area contributed by atoms with Crippen molar-refractivity contribution in [2.75, 3.05) is 11.9 Å². The average molecular weight is 261 g/mol. The zero-order valence-corrected chi connectivity index (χ0v) is 11.9. The van der Waals surface area contributed by atoms with Crippen LogP contribution < -0.4 is 11.1 Å². The van der Waals surface area contributed by atoms with Crippen molar-refractivity contribution in [3.05, 3.63) is 24.2 Å². The predicted octanol–water partition coefficient (Wildman–Crippen LogP) is 2.39. The standard InChI is InChI=1S/C14H23N5/c1-4-5-11(15)9-17-14-13-8-12(10(2)3)18-19(13)7-6-16-14/h6-8,10-11H,4-5,9,15H2,1-3H3,(H,16,17). The molecule has 0 amide bonds. The van der Waals surface area contributed by atoms with Gasteiger partial charge in [-0.15, -0.1) is 0 Å². The highest BCUT2D eigenvalue weighted by atomic mass is 15.2. The van der Waals surface area contributed by atoms with Crippen LogP contribution in [0, 0.1) is 0 Å². The van der Waals surface area contributed by atoms with Crippen molar-refractivity contribution in [1.29, 1.82) is 0 Å². The largest absolute Gasteiger partial charge is 0.367 e. The second-order valence-electron chi connectivity index (χ2n) is 5.26. The summed E-state index contributed by atoms with van der Waals surface area (Å²) in [7, 11) is 0. The maximum atomic E-state index is 6.02. The van der Waals surface area contributed by atoms with Crippen LogP contribution in [0.1, 0.15) is 45.2 Å². The lowest BCUT2D eigenvalue weighted by Crippen LogP contribution is -2.29. The van der Waals surface area contributed by atoms with Crippen molar-refractivity contribution < 1.29 is 0 Å². The van der Waals surface area contributed by atoms with Crippen LogP contribution in [0.2, 0.25) is 0 Å². The van der Waals surface area contributed by atoms with Gasteiger partial charge in [0.15, 0.2) is 5.82 Å². The second kappa shape index (κ2) is 6.02. The molecule has 3 N–H and O–H groups in total. The van der Waals surface area contributed by atoms with E-state index in [-0.39, 0.29) is 6.04 Å². The fourth-order valence-electron chi connectivity index (χ4n) is 2.06. The van der Waals surface area contributed by atoms with E-state index in [9.17, 15) is 0 Å². The Bertz CT molecular complexity index is 532. The van der Waals surface area contributed by atoms with Gasteiger partial charge in [0.2, 0.25) is 0 Å². The lowest BCUT2D eigenvalue weighted by Gasteiger charge is -2.12. The molecule has 2 aromatic heterocycles. The van der Waals surface area contributed by atoms with E-state index in [1.165, 1.54) is 0 Å². The highest BCUT2D eigenvalue weighted by molar-refractivity contribution is 5.67. The lowest BCUT2D eigenvalue weighted by molar-refractivity contribution is 0.626. The third kappa shape index (κ3) is 3.23. The van der Waals surface area contributed by atoms with Gasteiger partial charge in [0, 0.05) is 25.0 Å². The number of nitrogens with two attached hydrogens (primary N) is 1. The van der Waals surface area contributed by atoms with Crippen LogP contribution in [-0.4, -0.2) is 27.2 Å². The van der Waals surface area contributed by atoms with Crippen molar-refractivity contribution in [2.24, 2.45) is 5.73 Å². The molecule has 0 bridgehead atoms. The topological polar surface area (TPSA) is 68.2 Å². The first-order chi connectivity index (χ1) is 9.11. The molecule has 0 radical (unpaired) electrons. The summed E-state index contributed by atoms with van der Waals surface area (Å²) in [5, 5.41) is 7.87. The van der Waals surface area contributed by atoms with Crippen LogP contribution in [0.5, 0.6) is 0 Å². The first kappa shape index (κ1) is 13.8. The molecule has 0 aromatic carbocycles. The van der Waals surface area contributed by atoms with Gasteiger partial charge < -0.3 is 11.1 Å². The van der Waals surface area contributed by atoms with Crippen molar-refractivity contribution in [3.8, 4) is 0 Å². The van der Waals surface area contributed by atoms with E-state index >= 15 is 0 Å². The highest BCUT2D eigenvalue weighted by Crippen LogP contribution is 2.19. The molecule has 0 fully saturated rings. The summed E-state index contributed by atoms with van der Waals surface area (Å²) in [4.78, 5) is 4.38. The molecular formula is C14H23N5. The van der Waals surface area contributed by atoms with Crippen LogP contribution in [0.15, 0.2) is 18.5 Å². The minimum atomic E-state index is 0.166. The number of fused-ring (bicyclic) bond motifs is 1. The van der Waals surface area contributed by atoms with E-state index in [4.69, 9.17) is 5.73 Å². The Morgan fingerprint density at radius 1 is 1.42 bits per heavy atom. The van der Waals surface area contributed by atoms with Gasteiger partial charge in [0.1, 0.15) is 5.52 Å². The SMILES string of the molecule is CCCC(N)CNc1nccn2nc(C(C)C)cc12. The molecule has 1 unspecified atom stereocenters. The minimum absolute atomic E-state index is 0.166. The Kier molecular flexibility index (Phi) is 4.37. The summed E-state index contributed by atoms with van der Waals surface area (Å²) in [6, 6.07) is 2.25. The number of aromatic nitrogens is 3. The summed E-state index contributed by atoms with van der Waals surface area (Å²) in [6.45, 7) is 7.16. The maximum Gasteiger partial charge on any atom is 0.152 e. The molecule has 0 aliphatic rings. The second-order valence-corrected chi connectivity index (χ2v) is 5.26. The summed E-state index contributed by atoms with van der Waals surface area (Å²) in [6.07, 6.45) is 5.76. The molecule has 2 heterocycles. The summed E-state index contributed by atoms with van der Waals surface area (Å²) < 4.78 is 1.87. The van der Waals surface area contributed by atoms with Gasteiger partial charge in [-0.1, -0.05) is 27.2 Å². The Morgan fingerprint density at radius 2 is 2.21 bits per heavy atom. The number of rotatable bonds is 6. The first-order valence-corrected chi connectivity index (χ1v) is 6.95. The van der Waals surface area contributed by atoms with E-state index in [0.29, 0.717) is 5.92 Å². The predicted molar refractivity (Wildman–Crippen MR) is 78.4 cm³/mol. The van der Waals surface area contributed by atoms with Crippen LogP contribution in [0.25, 0.3) is 5.52 Å². The van der Waals surface area contributed by atoms with Crippen LogP contribution in [0.4, 0.5) is 5.82 Å². The van der Waals surface area contributed by atoms with Gasteiger partial charge in [-0.2, -0.15) is 5.10 Å². The fourth-order valence-corrected chi connectivity index (χ4v) is 2.06. The van der Waals surface area contributed by atoms with Crippen LogP contribution in [0.3, 0.4) is 0 Å². The Morgan fingerprint density at radius 3 is 2.89 bits per heavy atom. The summed E-state index contributed by atoms with van der Waals surface area (Å²) >= 11 is 0. The number of anilines is 1. The van der Waals surface area contributed by atoms with Crippen molar-refractivity contribution in [3.63, 3.8) is 0 Å². The molecule has 1 atom stereocenters. The van der Waals surface area contributed by atoms with Crippen molar-refractivity contribution >= 4 is 11.3 Å². The van der Waals surface area contributed by atoms with Gasteiger partial charge in [-0.05, 0) is 18.4 Å². The fraction of sp³-hybridized carbons (Fsp3) is 0.571. The number of nitrogens with one attached hydrogen (secondary N) is 1. The Hall–Kier alpha value is -1.62. The maximum absolute atomic E-state index is 6.02. The molecule has 0 saturated heterocycles. The molecule has 19 heavy (non-hydrogen) atoms. The zero-order chi connectivity index (χ0) is 13.8. The molecule has 0 aliphatic heterocycles. The Labute approximate surface area is 114 Å². The van der Waals surface area contributed by atoms with Crippen LogP contribution >= 0.6 is 0 Å². The van der Waals surface area contributed by atoms with E-state index in [2.05, 4.69) is 42.2 Å².